The number of carboxylic acids is 1. The molecule has 0 spiro atoms. The van der Waals surface area contributed by atoms with Crippen molar-refractivity contribution in [1.29, 1.82) is 0 Å². The summed E-state index contributed by atoms with van der Waals surface area (Å²) in [6.45, 7) is 4.08. The number of rotatable bonds is 11. The van der Waals surface area contributed by atoms with Crippen LogP contribution in [0.15, 0.2) is 0 Å². The summed E-state index contributed by atoms with van der Waals surface area (Å²) in [5.41, 5.74) is -2.60. The van der Waals surface area contributed by atoms with Gasteiger partial charge in [-0.25, -0.2) is 0 Å². The summed E-state index contributed by atoms with van der Waals surface area (Å²) in [5.74, 6) is -3.68. The second-order valence-electron chi connectivity index (χ2n) is 4.82. The fourth-order valence-corrected chi connectivity index (χ4v) is 1.45. The summed E-state index contributed by atoms with van der Waals surface area (Å²) in [5, 5.41) is 20.9. The van der Waals surface area contributed by atoms with Gasteiger partial charge in [0.2, 0.25) is 0 Å². The Hall–Kier alpha value is -0.630. The Bertz CT molecular complexity index is 333. The molecule has 0 aliphatic rings. The van der Waals surface area contributed by atoms with E-state index in [1.54, 1.807) is 0 Å². The van der Waals surface area contributed by atoms with Crippen LogP contribution in [0.1, 0.15) is 52.4 Å². The molecule has 0 aromatic heterocycles. The number of ether oxygens (including phenoxy) is 2. The summed E-state index contributed by atoms with van der Waals surface area (Å²) in [6.07, 6.45) is 1.19. The second-order valence-corrected chi connectivity index (χ2v) is 4.82. The first kappa shape index (κ1) is 23.6. The molecule has 0 aliphatic heterocycles. The van der Waals surface area contributed by atoms with Gasteiger partial charge < -0.3 is 24.5 Å². The Kier molecular flexibility index (Phi) is 13.8. The number of hydrogen-bond acceptors (Lipinski definition) is 7. The number of unbranched alkanes of at least 4 members (excludes halogenated alkanes) is 2. The van der Waals surface area contributed by atoms with Gasteiger partial charge in [-0.2, -0.15) is 0 Å². The second kappa shape index (κ2) is 12.9. The van der Waals surface area contributed by atoms with E-state index in [0.29, 0.717) is 12.8 Å². The Morgan fingerprint density at radius 2 is 1.32 bits per heavy atom. The molecule has 0 aliphatic carbocycles. The zero-order valence-electron chi connectivity index (χ0n) is 13.6. The Morgan fingerprint density at radius 3 is 1.59 bits per heavy atom. The SMILES string of the molecule is CCCCOC(=O)CC(O)(CC(=O)OCCCC)C(=O)[O-].[Na+]. The van der Waals surface area contributed by atoms with Gasteiger partial charge in [-0.05, 0) is 12.8 Å². The van der Waals surface area contributed by atoms with E-state index in [-0.39, 0.29) is 42.8 Å². The van der Waals surface area contributed by atoms with E-state index < -0.39 is 36.4 Å². The monoisotopic (exact) mass is 326 g/mol. The summed E-state index contributed by atoms with van der Waals surface area (Å²) in [6, 6.07) is 0. The van der Waals surface area contributed by atoms with Crippen molar-refractivity contribution < 1.29 is 63.6 Å². The maximum absolute atomic E-state index is 11.5. The summed E-state index contributed by atoms with van der Waals surface area (Å²) < 4.78 is 9.53. The number of aliphatic hydroxyl groups is 1. The van der Waals surface area contributed by atoms with Gasteiger partial charge in [-0.3, -0.25) is 9.59 Å². The van der Waals surface area contributed by atoms with E-state index in [1.807, 2.05) is 13.8 Å². The number of carbonyl (C=O) groups excluding carboxylic acids is 3. The maximum Gasteiger partial charge on any atom is 1.00 e. The summed E-state index contributed by atoms with van der Waals surface area (Å²) >= 11 is 0. The smallest absolute Gasteiger partial charge is 0.547 e. The predicted molar refractivity (Wildman–Crippen MR) is 70.9 cm³/mol. The molecule has 0 heterocycles. The van der Waals surface area contributed by atoms with Crippen LogP contribution in [0.3, 0.4) is 0 Å². The van der Waals surface area contributed by atoms with Gasteiger partial charge in [0, 0.05) is 0 Å². The quantitative estimate of drug-likeness (QED) is 0.244. The van der Waals surface area contributed by atoms with Crippen molar-refractivity contribution in [2.75, 3.05) is 13.2 Å². The third-order valence-electron chi connectivity index (χ3n) is 2.78. The molecule has 0 aromatic carbocycles. The standard InChI is InChI=1S/C14H24O7.Na/c1-3-5-7-20-11(15)9-14(19,13(17)18)10-12(16)21-8-6-4-2;/h19H,3-10H2,1-2H3,(H,17,18);/q;+1/p-1. The third-order valence-corrected chi connectivity index (χ3v) is 2.78. The van der Waals surface area contributed by atoms with Crippen LogP contribution in [-0.4, -0.2) is 41.8 Å². The van der Waals surface area contributed by atoms with Crippen molar-refractivity contribution in [3.05, 3.63) is 0 Å². The van der Waals surface area contributed by atoms with E-state index in [4.69, 9.17) is 9.47 Å². The first-order valence-electron chi connectivity index (χ1n) is 7.10. The Labute approximate surface area is 152 Å². The molecule has 0 fully saturated rings. The van der Waals surface area contributed by atoms with Crippen LogP contribution in [0, 0.1) is 0 Å². The van der Waals surface area contributed by atoms with Crippen molar-refractivity contribution in [2.45, 2.75) is 58.0 Å². The van der Waals surface area contributed by atoms with Crippen LogP contribution in [-0.2, 0) is 23.9 Å². The molecule has 0 bridgehead atoms. The van der Waals surface area contributed by atoms with Crippen molar-refractivity contribution in [1.82, 2.24) is 0 Å². The number of aliphatic carboxylic acids is 1. The molecule has 7 nitrogen and oxygen atoms in total. The zero-order valence-corrected chi connectivity index (χ0v) is 15.6. The van der Waals surface area contributed by atoms with Gasteiger partial charge in [0.05, 0.1) is 32.0 Å². The molecule has 122 valence electrons. The van der Waals surface area contributed by atoms with Crippen molar-refractivity contribution in [3.8, 4) is 0 Å². The molecule has 0 unspecified atom stereocenters. The Balaban J connectivity index is 0. The molecule has 0 rings (SSSR count). The molecule has 0 radical (unpaired) electrons. The summed E-state index contributed by atoms with van der Waals surface area (Å²) in [7, 11) is 0. The minimum absolute atomic E-state index is 0. The molecule has 0 amide bonds. The molecule has 0 atom stereocenters. The van der Waals surface area contributed by atoms with E-state index in [9.17, 15) is 24.6 Å². The molecule has 8 heteroatoms. The van der Waals surface area contributed by atoms with Crippen LogP contribution < -0.4 is 34.7 Å². The predicted octanol–water partition coefficient (Wildman–Crippen LogP) is -3.06. The topological polar surface area (TPSA) is 113 Å². The first-order valence-corrected chi connectivity index (χ1v) is 7.10. The minimum Gasteiger partial charge on any atom is -0.547 e. The third kappa shape index (κ3) is 10.2. The van der Waals surface area contributed by atoms with Gasteiger partial charge in [0.25, 0.3) is 0 Å². The van der Waals surface area contributed by atoms with Crippen molar-refractivity contribution in [3.63, 3.8) is 0 Å². The molecular formula is C14H23NaO7. The number of esters is 2. The van der Waals surface area contributed by atoms with Gasteiger partial charge >= 0.3 is 41.5 Å². The van der Waals surface area contributed by atoms with E-state index in [0.717, 1.165) is 12.8 Å². The average molecular weight is 326 g/mol. The molecule has 1 N–H and O–H groups in total. The van der Waals surface area contributed by atoms with Gasteiger partial charge in [0.1, 0.15) is 5.60 Å². The normalized spacial score (nSPS) is 10.5. The van der Waals surface area contributed by atoms with E-state index >= 15 is 0 Å². The summed E-state index contributed by atoms with van der Waals surface area (Å²) in [4.78, 5) is 33.9. The average Bonchev–Trinajstić information content (AvgIpc) is 2.38. The molecular weight excluding hydrogens is 303 g/mol. The maximum atomic E-state index is 11.5. The van der Waals surface area contributed by atoms with Gasteiger partial charge in [0.15, 0.2) is 0 Å². The molecule has 0 saturated heterocycles. The van der Waals surface area contributed by atoms with Crippen LogP contribution in [0.4, 0.5) is 0 Å². The molecule has 22 heavy (non-hydrogen) atoms. The largest absolute Gasteiger partial charge is 1.00 e. The van der Waals surface area contributed by atoms with Crippen LogP contribution >= 0.6 is 0 Å². The fraction of sp³-hybridized carbons (Fsp3) is 0.786. The zero-order chi connectivity index (χ0) is 16.3. The van der Waals surface area contributed by atoms with Crippen molar-refractivity contribution in [2.24, 2.45) is 0 Å². The van der Waals surface area contributed by atoms with Crippen LogP contribution in [0.2, 0.25) is 0 Å². The van der Waals surface area contributed by atoms with Crippen LogP contribution in [0.25, 0.3) is 0 Å². The number of carbonyl (C=O) groups is 3. The first-order chi connectivity index (χ1) is 9.85. The molecule has 0 saturated carbocycles. The molecule has 0 aromatic rings. The minimum atomic E-state index is -2.60. The van der Waals surface area contributed by atoms with E-state index in [2.05, 4.69) is 0 Å². The van der Waals surface area contributed by atoms with Gasteiger partial charge in [-0.1, -0.05) is 26.7 Å². The Morgan fingerprint density at radius 1 is 0.955 bits per heavy atom. The number of hydrogen-bond donors (Lipinski definition) is 1. The van der Waals surface area contributed by atoms with E-state index in [1.165, 1.54) is 0 Å². The number of carboxylic acid groups (broad SMARTS) is 1. The fourth-order valence-electron chi connectivity index (χ4n) is 1.45. The van der Waals surface area contributed by atoms with Crippen LogP contribution in [0.5, 0.6) is 0 Å². The van der Waals surface area contributed by atoms with Gasteiger partial charge in [-0.15, -0.1) is 0 Å². The van der Waals surface area contributed by atoms with Crippen molar-refractivity contribution >= 4 is 17.9 Å².